The lowest BCUT2D eigenvalue weighted by Crippen LogP contribution is -2.27. The molecule has 6 nitrogen and oxygen atoms in total. The molecule has 1 aromatic heterocycles. The minimum Gasteiger partial charge on any atom is -0.383 e. The quantitative estimate of drug-likeness (QED) is 0.153. The number of hydrogen-bond acceptors (Lipinski definition) is 5. The highest BCUT2D eigenvalue weighted by atomic mass is 19.1. The summed E-state index contributed by atoms with van der Waals surface area (Å²) in [5, 5.41) is 6.31. The molecule has 0 saturated heterocycles. The largest absolute Gasteiger partial charge is 0.383 e. The van der Waals surface area contributed by atoms with Crippen LogP contribution in [0.15, 0.2) is 95.4 Å². The summed E-state index contributed by atoms with van der Waals surface area (Å²) in [6.07, 6.45) is 6.37. The van der Waals surface area contributed by atoms with Crippen LogP contribution in [0.5, 0.6) is 0 Å². The van der Waals surface area contributed by atoms with Gasteiger partial charge in [0.15, 0.2) is 0 Å². The van der Waals surface area contributed by atoms with Gasteiger partial charge in [0.1, 0.15) is 17.5 Å². The van der Waals surface area contributed by atoms with Gasteiger partial charge in [-0.05, 0) is 84.7 Å². The van der Waals surface area contributed by atoms with Gasteiger partial charge in [0.05, 0.1) is 11.6 Å². The van der Waals surface area contributed by atoms with Crippen molar-refractivity contribution in [1.29, 1.82) is 0 Å². The van der Waals surface area contributed by atoms with Crippen LogP contribution < -0.4 is 16.4 Å². The molecule has 0 fully saturated rings. The second-order valence-electron chi connectivity index (χ2n) is 10.6. The van der Waals surface area contributed by atoms with Crippen molar-refractivity contribution in [1.82, 2.24) is 10.3 Å². The highest BCUT2D eigenvalue weighted by molar-refractivity contribution is 5.99. The molecule has 3 aromatic rings. The standard InChI is InChI=1S/C35H42FN5O/c1-8-24(6)32(33(37)38-19-22(3)4)30(9-2)28-12-10-26(11-13-28)21-40-34-31(18-23(5)20-39-34)35(42)41-25(7)27-14-16-29(36)17-15-27/h9-20,22,25H,6,8,21,37H2,1-5,7H3,(H,39,40)(H,41,42)/b30-9-,33-32+,38-19-. The van der Waals surface area contributed by atoms with Crippen LogP contribution in [0.25, 0.3) is 5.57 Å². The molecule has 0 bridgehead atoms. The number of pyridine rings is 1. The third-order valence-electron chi connectivity index (χ3n) is 6.82. The van der Waals surface area contributed by atoms with E-state index in [1.54, 1.807) is 18.3 Å². The first-order valence-corrected chi connectivity index (χ1v) is 14.3. The highest BCUT2D eigenvalue weighted by Crippen LogP contribution is 2.31. The Morgan fingerprint density at radius 2 is 1.79 bits per heavy atom. The van der Waals surface area contributed by atoms with Crippen LogP contribution >= 0.6 is 0 Å². The van der Waals surface area contributed by atoms with Crippen LogP contribution in [0.4, 0.5) is 10.2 Å². The molecular formula is C35H42FN5O. The van der Waals surface area contributed by atoms with Gasteiger partial charge in [0.25, 0.3) is 5.91 Å². The number of hydrogen-bond donors (Lipinski definition) is 3. The summed E-state index contributed by atoms with van der Waals surface area (Å²) >= 11 is 0. The zero-order chi connectivity index (χ0) is 30.8. The van der Waals surface area contributed by atoms with Crippen molar-refractivity contribution >= 4 is 23.5 Å². The van der Waals surface area contributed by atoms with E-state index in [0.717, 1.165) is 45.4 Å². The molecule has 2 aromatic carbocycles. The normalized spacial score (nSPS) is 13.2. The van der Waals surface area contributed by atoms with Gasteiger partial charge in [0, 0.05) is 24.5 Å². The number of allylic oxidation sites excluding steroid dienone is 4. The molecule has 1 amide bonds. The molecule has 7 heteroatoms. The van der Waals surface area contributed by atoms with Crippen LogP contribution in [0.2, 0.25) is 0 Å². The number of nitrogens with zero attached hydrogens (tertiary/aromatic N) is 2. The molecular weight excluding hydrogens is 525 g/mol. The molecule has 4 N–H and O–H groups in total. The van der Waals surface area contributed by atoms with Crippen molar-refractivity contribution in [2.45, 2.75) is 60.5 Å². The van der Waals surface area contributed by atoms with E-state index in [4.69, 9.17) is 5.73 Å². The summed E-state index contributed by atoms with van der Waals surface area (Å²) in [6.45, 7) is 16.6. The molecule has 0 radical (unpaired) electrons. The lowest BCUT2D eigenvalue weighted by atomic mass is 9.91. The zero-order valence-corrected chi connectivity index (χ0v) is 25.5. The fourth-order valence-corrected chi connectivity index (χ4v) is 4.42. The van der Waals surface area contributed by atoms with E-state index in [0.29, 0.717) is 23.7 Å². The van der Waals surface area contributed by atoms with E-state index in [1.807, 2.05) is 51.3 Å². The number of anilines is 1. The smallest absolute Gasteiger partial charge is 0.255 e. The molecule has 0 spiro atoms. The fraction of sp³-hybridized carbons (Fsp3) is 0.286. The van der Waals surface area contributed by atoms with E-state index in [9.17, 15) is 9.18 Å². The maximum atomic E-state index is 13.3. The van der Waals surface area contributed by atoms with Gasteiger partial charge in [0.2, 0.25) is 0 Å². The Bertz CT molecular complexity index is 1480. The lowest BCUT2D eigenvalue weighted by Gasteiger charge is -2.17. The van der Waals surface area contributed by atoms with E-state index in [2.05, 4.69) is 60.1 Å². The maximum absolute atomic E-state index is 13.3. The van der Waals surface area contributed by atoms with Gasteiger partial charge >= 0.3 is 0 Å². The van der Waals surface area contributed by atoms with Gasteiger partial charge in [-0.2, -0.15) is 0 Å². The molecule has 0 aliphatic rings. The van der Waals surface area contributed by atoms with Gasteiger partial charge in [-0.3, -0.25) is 4.79 Å². The van der Waals surface area contributed by atoms with Gasteiger partial charge in [-0.15, -0.1) is 0 Å². The van der Waals surface area contributed by atoms with E-state index >= 15 is 0 Å². The minimum absolute atomic E-state index is 0.258. The Morgan fingerprint density at radius 1 is 1.12 bits per heavy atom. The molecule has 0 aliphatic heterocycles. The number of halogens is 1. The van der Waals surface area contributed by atoms with E-state index < -0.39 is 0 Å². The number of carbonyl (C=O) groups excluding carboxylic acids is 1. The summed E-state index contributed by atoms with van der Waals surface area (Å²) in [6, 6.07) is 15.8. The predicted molar refractivity (Wildman–Crippen MR) is 173 cm³/mol. The van der Waals surface area contributed by atoms with Crippen LogP contribution in [0.1, 0.15) is 79.7 Å². The van der Waals surface area contributed by atoms with Gasteiger partial charge in [-0.25, -0.2) is 14.4 Å². The molecule has 1 atom stereocenters. The number of aromatic nitrogens is 1. The lowest BCUT2D eigenvalue weighted by molar-refractivity contribution is 0.0940. The van der Waals surface area contributed by atoms with Gasteiger partial charge < -0.3 is 16.4 Å². The molecule has 0 aliphatic carbocycles. The Kier molecular flexibility index (Phi) is 11.4. The second kappa shape index (κ2) is 14.9. The molecule has 220 valence electrons. The summed E-state index contributed by atoms with van der Waals surface area (Å²) in [4.78, 5) is 22.2. The van der Waals surface area contributed by atoms with E-state index in [1.165, 1.54) is 12.1 Å². The fourth-order valence-electron chi connectivity index (χ4n) is 4.42. The third kappa shape index (κ3) is 8.49. The first kappa shape index (κ1) is 32.0. The number of aliphatic imine (C=N–C) groups is 1. The minimum atomic E-state index is -0.315. The molecule has 3 rings (SSSR count). The number of rotatable bonds is 12. The number of aryl methyl sites for hydroxylation is 1. The van der Waals surface area contributed by atoms with Crippen molar-refractivity contribution in [2.75, 3.05) is 5.32 Å². The molecule has 1 unspecified atom stereocenters. The van der Waals surface area contributed by atoms with Crippen LogP contribution in [0, 0.1) is 18.7 Å². The second-order valence-corrected chi connectivity index (χ2v) is 10.6. The Hall–Kier alpha value is -4.52. The predicted octanol–water partition coefficient (Wildman–Crippen LogP) is 7.90. The molecule has 1 heterocycles. The Labute approximate surface area is 249 Å². The van der Waals surface area contributed by atoms with Crippen molar-refractivity contribution in [3.8, 4) is 0 Å². The monoisotopic (exact) mass is 567 g/mol. The third-order valence-corrected chi connectivity index (χ3v) is 6.82. The topological polar surface area (TPSA) is 92.4 Å². The van der Waals surface area contributed by atoms with Crippen molar-refractivity contribution < 1.29 is 9.18 Å². The van der Waals surface area contributed by atoms with Gasteiger partial charge in [-0.1, -0.05) is 69.8 Å². The first-order valence-electron chi connectivity index (χ1n) is 14.3. The number of carbonyl (C=O) groups is 1. The van der Waals surface area contributed by atoms with Crippen LogP contribution in [-0.2, 0) is 6.54 Å². The van der Waals surface area contributed by atoms with Crippen molar-refractivity contribution in [3.63, 3.8) is 0 Å². The number of amides is 1. The number of nitrogens with one attached hydrogen (secondary N) is 2. The maximum Gasteiger partial charge on any atom is 0.255 e. The van der Waals surface area contributed by atoms with Crippen molar-refractivity contribution in [2.24, 2.45) is 16.6 Å². The zero-order valence-electron chi connectivity index (χ0n) is 25.5. The summed E-state index contributed by atoms with van der Waals surface area (Å²) in [7, 11) is 0. The summed E-state index contributed by atoms with van der Waals surface area (Å²) < 4.78 is 13.3. The molecule has 0 saturated carbocycles. The molecule has 42 heavy (non-hydrogen) atoms. The summed E-state index contributed by atoms with van der Waals surface area (Å²) in [5.74, 6) is 0.660. The van der Waals surface area contributed by atoms with E-state index in [-0.39, 0.29) is 23.7 Å². The summed E-state index contributed by atoms with van der Waals surface area (Å²) in [5.41, 5.74) is 13.4. The Morgan fingerprint density at radius 3 is 2.38 bits per heavy atom. The average Bonchev–Trinajstić information content (AvgIpc) is 2.98. The van der Waals surface area contributed by atoms with Crippen LogP contribution in [0.3, 0.4) is 0 Å². The van der Waals surface area contributed by atoms with Crippen molar-refractivity contribution in [3.05, 3.63) is 124 Å². The van der Waals surface area contributed by atoms with Crippen LogP contribution in [-0.4, -0.2) is 17.1 Å². The Balaban J connectivity index is 1.78. The number of nitrogens with two attached hydrogens (primary N) is 1. The number of benzene rings is 2. The SMILES string of the molecule is C=C(CC)C(/C(=C\C)c1ccc(CNc2ncc(C)cc2C(=O)NC(C)c2ccc(F)cc2)cc1)=C(N)\N=C/C(C)C. The first-order chi connectivity index (χ1) is 20.0. The average molecular weight is 568 g/mol. The highest BCUT2D eigenvalue weighted by Gasteiger charge is 2.17.